The Balaban J connectivity index is 1.80. The van der Waals surface area contributed by atoms with Crippen molar-refractivity contribution in [3.63, 3.8) is 0 Å². The van der Waals surface area contributed by atoms with Gasteiger partial charge in [-0.2, -0.15) is 0 Å². The van der Waals surface area contributed by atoms with Crippen molar-refractivity contribution in [2.75, 3.05) is 25.6 Å². The quantitative estimate of drug-likeness (QED) is 0.716. The minimum atomic E-state index is -0.645. The summed E-state index contributed by atoms with van der Waals surface area (Å²) in [4.78, 5) is 35.9. The number of methoxy groups -OCH3 is 1. The van der Waals surface area contributed by atoms with Gasteiger partial charge >= 0.3 is 5.97 Å². The highest BCUT2D eigenvalue weighted by Crippen LogP contribution is 2.19. The third-order valence-corrected chi connectivity index (χ3v) is 4.30. The maximum Gasteiger partial charge on any atom is 0.338 e. The Morgan fingerprint density at radius 3 is 2.43 bits per heavy atom. The number of carbonyl (C=O) groups excluding carboxylic acids is 3. The molecule has 0 saturated carbocycles. The number of nitrogens with one attached hydrogen (secondary N) is 2. The summed E-state index contributed by atoms with van der Waals surface area (Å²) in [5.74, 6) is -1.02. The summed E-state index contributed by atoms with van der Waals surface area (Å²) in [7, 11) is 1.51. The van der Waals surface area contributed by atoms with Gasteiger partial charge in [0.15, 0.2) is 6.61 Å². The first-order valence-corrected chi connectivity index (χ1v) is 8.76. The van der Waals surface area contributed by atoms with Crippen LogP contribution in [0, 0.1) is 20.8 Å². The molecule has 2 rings (SSSR count). The highest BCUT2D eigenvalue weighted by Gasteiger charge is 2.13. The SMILES string of the molecule is COc1cc(C(=O)OCC(=O)NCC(=O)Nc2cccc(C)c2C)ccc1C. The van der Waals surface area contributed by atoms with E-state index in [0.717, 1.165) is 16.7 Å². The van der Waals surface area contributed by atoms with Gasteiger partial charge in [0.25, 0.3) is 5.91 Å². The molecule has 2 N–H and O–H groups in total. The highest BCUT2D eigenvalue weighted by atomic mass is 16.5. The van der Waals surface area contributed by atoms with Crippen LogP contribution in [-0.2, 0) is 14.3 Å². The zero-order chi connectivity index (χ0) is 20.7. The second kappa shape index (κ2) is 9.55. The van der Waals surface area contributed by atoms with Crippen molar-refractivity contribution in [2.24, 2.45) is 0 Å². The van der Waals surface area contributed by atoms with Crippen LogP contribution in [0.15, 0.2) is 36.4 Å². The number of benzene rings is 2. The molecular weight excluding hydrogens is 360 g/mol. The van der Waals surface area contributed by atoms with Crippen LogP contribution in [0.3, 0.4) is 0 Å². The first-order chi connectivity index (χ1) is 13.3. The summed E-state index contributed by atoms with van der Waals surface area (Å²) in [5.41, 5.74) is 3.87. The van der Waals surface area contributed by atoms with E-state index < -0.39 is 18.5 Å². The first-order valence-electron chi connectivity index (χ1n) is 8.76. The number of aryl methyl sites for hydroxylation is 2. The van der Waals surface area contributed by atoms with Crippen LogP contribution >= 0.6 is 0 Å². The van der Waals surface area contributed by atoms with Gasteiger partial charge in [-0.3, -0.25) is 9.59 Å². The third-order valence-electron chi connectivity index (χ3n) is 4.30. The van der Waals surface area contributed by atoms with Crippen molar-refractivity contribution in [3.05, 3.63) is 58.7 Å². The average molecular weight is 384 g/mol. The smallest absolute Gasteiger partial charge is 0.338 e. The summed E-state index contributed by atoms with van der Waals surface area (Å²) in [6.45, 7) is 5.01. The first kappa shape index (κ1) is 21.0. The van der Waals surface area contributed by atoms with Crippen LogP contribution in [0.1, 0.15) is 27.0 Å². The zero-order valence-electron chi connectivity index (χ0n) is 16.4. The average Bonchev–Trinajstić information content (AvgIpc) is 2.68. The summed E-state index contributed by atoms with van der Waals surface area (Å²) in [6.07, 6.45) is 0. The maximum atomic E-state index is 12.0. The van der Waals surface area contributed by atoms with Crippen LogP contribution in [0.25, 0.3) is 0 Å². The summed E-state index contributed by atoms with van der Waals surface area (Å²) >= 11 is 0. The van der Waals surface area contributed by atoms with E-state index in [9.17, 15) is 14.4 Å². The molecule has 0 aliphatic carbocycles. The molecule has 0 unspecified atom stereocenters. The van der Waals surface area contributed by atoms with E-state index in [-0.39, 0.29) is 18.0 Å². The van der Waals surface area contributed by atoms with Crippen LogP contribution in [0.4, 0.5) is 5.69 Å². The van der Waals surface area contributed by atoms with Crippen LogP contribution < -0.4 is 15.4 Å². The number of rotatable bonds is 7. The van der Waals surface area contributed by atoms with Gasteiger partial charge in [-0.25, -0.2) is 4.79 Å². The minimum Gasteiger partial charge on any atom is -0.496 e. The molecule has 0 atom stereocenters. The summed E-state index contributed by atoms with van der Waals surface area (Å²) < 4.78 is 10.1. The second-order valence-electron chi connectivity index (χ2n) is 6.33. The largest absolute Gasteiger partial charge is 0.496 e. The molecule has 0 aliphatic rings. The van der Waals surface area contributed by atoms with Gasteiger partial charge in [0.05, 0.1) is 19.2 Å². The second-order valence-corrected chi connectivity index (χ2v) is 6.33. The van der Waals surface area contributed by atoms with Gasteiger partial charge < -0.3 is 20.1 Å². The van der Waals surface area contributed by atoms with Gasteiger partial charge in [-0.15, -0.1) is 0 Å². The summed E-state index contributed by atoms with van der Waals surface area (Å²) in [5, 5.41) is 5.16. The van der Waals surface area contributed by atoms with E-state index in [1.54, 1.807) is 24.3 Å². The van der Waals surface area contributed by atoms with Gasteiger partial charge in [0.1, 0.15) is 5.75 Å². The van der Waals surface area contributed by atoms with Crippen molar-refractivity contribution in [3.8, 4) is 5.75 Å². The molecule has 2 amide bonds. The summed E-state index contributed by atoms with van der Waals surface area (Å²) in [6, 6.07) is 10.5. The van der Waals surface area contributed by atoms with Crippen LogP contribution in [0.2, 0.25) is 0 Å². The maximum absolute atomic E-state index is 12.0. The molecule has 0 saturated heterocycles. The molecule has 7 heteroatoms. The fraction of sp³-hybridized carbons (Fsp3) is 0.286. The highest BCUT2D eigenvalue weighted by molar-refractivity contribution is 5.96. The molecule has 0 heterocycles. The van der Waals surface area contributed by atoms with Gasteiger partial charge in [-0.05, 0) is 55.7 Å². The Bertz CT molecular complexity index is 892. The lowest BCUT2D eigenvalue weighted by Crippen LogP contribution is -2.35. The van der Waals surface area contributed by atoms with Gasteiger partial charge in [-0.1, -0.05) is 18.2 Å². The normalized spacial score (nSPS) is 10.1. The number of anilines is 1. The lowest BCUT2D eigenvalue weighted by Gasteiger charge is -2.11. The zero-order valence-corrected chi connectivity index (χ0v) is 16.4. The monoisotopic (exact) mass is 384 g/mol. The van der Waals surface area contributed by atoms with E-state index >= 15 is 0 Å². The third kappa shape index (κ3) is 5.57. The van der Waals surface area contributed by atoms with E-state index in [1.807, 2.05) is 32.9 Å². The lowest BCUT2D eigenvalue weighted by atomic mass is 10.1. The van der Waals surface area contributed by atoms with Crippen LogP contribution in [0.5, 0.6) is 5.75 Å². The number of amides is 2. The number of hydrogen-bond donors (Lipinski definition) is 2. The molecule has 0 aromatic heterocycles. The number of ether oxygens (including phenoxy) is 2. The molecule has 7 nitrogen and oxygen atoms in total. The van der Waals surface area contributed by atoms with Crippen molar-refractivity contribution in [1.82, 2.24) is 5.32 Å². The molecule has 0 radical (unpaired) electrons. The fourth-order valence-electron chi connectivity index (χ4n) is 2.47. The standard InChI is InChI=1S/C21H24N2O5/c1-13-6-5-7-17(15(13)3)23-19(24)11-22-20(25)12-28-21(26)16-9-8-14(2)18(10-16)27-4/h5-10H,11-12H2,1-4H3,(H,22,25)(H,23,24). The van der Waals surface area contributed by atoms with Gasteiger partial charge in [0.2, 0.25) is 5.91 Å². The Hall–Kier alpha value is -3.35. The van der Waals surface area contributed by atoms with Crippen molar-refractivity contribution in [2.45, 2.75) is 20.8 Å². The predicted molar refractivity (Wildman–Crippen MR) is 106 cm³/mol. The molecule has 0 fully saturated rings. The van der Waals surface area contributed by atoms with E-state index in [1.165, 1.54) is 7.11 Å². The fourth-order valence-corrected chi connectivity index (χ4v) is 2.47. The molecule has 2 aromatic rings. The minimum absolute atomic E-state index is 0.220. The Labute approximate surface area is 164 Å². The van der Waals surface area contributed by atoms with Gasteiger partial charge in [0, 0.05) is 5.69 Å². The molecule has 0 bridgehead atoms. The molecule has 28 heavy (non-hydrogen) atoms. The number of esters is 1. The predicted octanol–water partition coefficient (Wildman–Crippen LogP) is 2.53. The molecular formula is C21H24N2O5. The molecule has 0 aliphatic heterocycles. The Morgan fingerprint density at radius 1 is 0.964 bits per heavy atom. The van der Waals surface area contributed by atoms with E-state index in [4.69, 9.17) is 9.47 Å². The lowest BCUT2D eigenvalue weighted by molar-refractivity contribution is -0.126. The molecule has 2 aromatic carbocycles. The van der Waals surface area contributed by atoms with Crippen LogP contribution in [-0.4, -0.2) is 38.0 Å². The number of hydrogen-bond acceptors (Lipinski definition) is 5. The van der Waals surface area contributed by atoms with Crippen molar-refractivity contribution >= 4 is 23.5 Å². The Kier molecular flexibility index (Phi) is 7.14. The Morgan fingerprint density at radius 2 is 1.71 bits per heavy atom. The number of carbonyl (C=O) groups is 3. The van der Waals surface area contributed by atoms with Crippen molar-refractivity contribution < 1.29 is 23.9 Å². The molecule has 148 valence electrons. The molecule has 0 spiro atoms. The van der Waals surface area contributed by atoms with Crippen molar-refractivity contribution in [1.29, 1.82) is 0 Å². The van der Waals surface area contributed by atoms with E-state index in [2.05, 4.69) is 10.6 Å². The van der Waals surface area contributed by atoms with E-state index in [0.29, 0.717) is 11.4 Å². The topological polar surface area (TPSA) is 93.7 Å².